The maximum Gasteiger partial charge on any atom is 0.220 e. The van der Waals surface area contributed by atoms with Crippen molar-refractivity contribution in [3.63, 3.8) is 0 Å². The maximum absolute atomic E-state index is 13.1. The van der Waals surface area contributed by atoms with Gasteiger partial charge in [0.2, 0.25) is 5.91 Å². The summed E-state index contributed by atoms with van der Waals surface area (Å²) in [6.07, 6.45) is 35.8. The SMILES string of the molecule is CC/C=C\C/C=C\C/C=C\C/C=C\C/C=C\C/C=C\C/C=C\C/C=C\C/C=C\C/C=C\CCCCCCC(=O)NC(COC1OC(CO)C(OC2OC(CO)C(OC3OC(CO)C(O)C(O)C3O)C(O)C2O)C(O)C1O)C(O)/C=C/CCC. The molecule has 0 radical (unpaired) electrons. The number of hydrogen-bond acceptors (Lipinski definition) is 18. The van der Waals surface area contributed by atoms with Gasteiger partial charge in [0.05, 0.1) is 38.6 Å². The van der Waals surface area contributed by atoms with Gasteiger partial charge in [-0.3, -0.25) is 4.79 Å². The Bertz CT molecular complexity index is 2030. The van der Waals surface area contributed by atoms with Crippen LogP contribution in [0.3, 0.4) is 0 Å². The summed E-state index contributed by atoms with van der Waals surface area (Å²) in [6, 6.07) is -0.992. The minimum Gasteiger partial charge on any atom is -0.394 e. The van der Waals surface area contributed by atoms with Gasteiger partial charge in [-0.1, -0.05) is 167 Å². The molecular formula is C64H101NO18. The van der Waals surface area contributed by atoms with E-state index in [0.717, 1.165) is 96.3 Å². The maximum atomic E-state index is 13.1. The number of unbranched alkanes of at least 4 members (excludes halogenated alkanes) is 5. The first-order valence-electron chi connectivity index (χ1n) is 29.9. The molecule has 3 fully saturated rings. The zero-order valence-electron chi connectivity index (χ0n) is 48.9. The number of aliphatic hydroxyl groups excluding tert-OH is 11. The molecule has 0 bridgehead atoms. The average Bonchev–Trinajstić information content (AvgIpc) is 3.28. The smallest absolute Gasteiger partial charge is 0.220 e. The monoisotopic (exact) mass is 1170 g/mol. The molecule has 1 amide bonds. The summed E-state index contributed by atoms with van der Waals surface area (Å²) in [5.74, 6) is -0.321. The van der Waals surface area contributed by atoms with E-state index in [-0.39, 0.29) is 18.9 Å². The van der Waals surface area contributed by atoms with Crippen LogP contribution in [-0.4, -0.2) is 193 Å². The molecule has 0 aromatic heterocycles. The standard InChI is InChI=1S/C64H101NO18/c1-3-5-7-8-9-10-11-12-13-14-15-16-17-18-19-20-21-22-23-24-25-26-27-28-29-30-31-32-33-34-35-36-37-38-40-42-52(70)65-47(48(69)41-39-6-4-2)46-78-62-58(76)55(73)60(50(44-67)80-62)83-64-59(77)56(74)61(51(45-68)81-64)82-63-57(75)54(72)53(71)49(43-66)79-63/h5,7,9-10,12-13,15-16,18-19,21-22,24-25,27-28,30-31,33-34,39,41,47-51,53-64,66-69,71-77H,3-4,6,8,11,14,17,20,23,26,29,32,35-38,40,42-46H2,1-2H3,(H,65,70)/b7-5-,10-9-,13-12-,16-15-,19-18-,22-21-,25-24-,28-27-,31-30-,34-33-,41-39+. The fourth-order valence-electron chi connectivity index (χ4n) is 9.05. The molecule has 0 aromatic rings. The van der Waals surface area contributed by atoms with E-state index in [9.17, 15) is 61.0 Å². The minimum absolute atomic E-state index is 0.200. The van der Waals surface area contributed by atoms with Crippen molar-refractivity contribution in [2.24, 2.45) is 0 Å². The second kappa shape index (κ2) is 45.3. The van der Waals surface area contributed by atoms with Crippen LogP contribution in [0.5, 0.6) is 0 Å². The summed E-state index contributed by atoms with van der Waals surface area (Å²) in [7, 11) is 0. The van der Waals surface area contributed by atoms with Crippen LogP contribution in [0.4, 0.5) is 0 Å². The quantitative estimate of drug-likeness (QED) is 0.0267. The third-order valence-electron chi connectivity index (χ3n) is 13.9. The van der Waals surface area contributed by atoms with Gasteiger partial charge < -0.3 is 89.9 Å². The van der Waals surface area contributed by atoms with Crippen molar-refractivity contribution in [3.8, 4) is 0 Å². The molecule has 17 atom stereocenters. The Hall–Kier alpha value is -4.07. The molecule has 0 spiro atoms. The van der Waals surface area contributed by atoms with E-state index in [1.165, 1.54) is 6.08 Å². The van der Waals surface area contributed by atoms with Crippen molar-refractivity contribution in [1.82, 2.24) is 5.32 Å². The van der Waals surface area contributed by atoms with Gasteiger partial charge in [0.25, 0.3) is 0 Å². The minimum atomic E-state index is -1.98. The highest BCUT2D eigenvalue weighted by atomic mass is 16.8. The topological polar surface area (TPSA) is 307 Å². The predicted molar refractivity (Wildman–Crippen MR) is 318 cm³/mol. The molecular weight excluding hydrogens is 1070 g/mol. The lowest BCUT2D eigenvalue weighted by Gasteiger charge is -2.48. The largest absolute Gasteiger partial charge is 0.394 e. The number of allylic oxidation sites excluding steroid dienone is 21. The van der Waals surface area contributed by atoms with Gasteiger partial charge in [-0.05, 0) is 89.9 Å². The molecule has 470 valence electrons. The van der Waals surface area contributed by atoms with Gasteiger partial charge in [-0.2, -0.15) is 0 Å². The number of hydrogen-bond donors (Lipinski definition) is 12. The van der Waals surface area contributed by atoms with Crippen LogP contribution >= 0.6 is 0 Å². The molecule has 17 unspecified atom stereocenters. The second-order valence-corrected chi connectivity index (χ2v) is 20.7. The van der Waals surface area contributed by atoms with Crippen molar-refractivity contribution in [3.05, 3.63) is 134 Å². The number of ether oxygens (including phenoxy) is 6. The second-order valence-electron chi connectivity index (χ2n) is 20.7. The van der Waals surface area contributed by atoms with E-state index in [4.69, 9.17) is 28.4 Å². The van der Waals surface area contributed by atoms with Crippen molar-refractivity contribution in [1.29, 1.82) is 0 Å². The van der Waals surface area contributed by atoms with Crippen LogP contribution in [-0.2, 0) is 33.2 Å². The van der Waals surface area contributed by atoms with Gasteiger partial charge in [0.1, 0.15) is 73.2 Å². The van der Waals surface area contributed by atoms with Crippen molar-refractivity contribution in [2.75, 3.05) is 26.4 Å². The zero-order valence-corrected chi connectivity index (χ0v) is 48.9. The Morgan fingerprint density at radius 2 is 0.831 bits per heavy atom. The van der Waals surface area contributed by atoms with E-state index in [2.05, 4.69) is 134 Å². The van der Waals surface area contributed by atoms with Crippen LogP contribution < -0.4 is 5.32 Å². The molecule has 3 aliphatic rings. The highest BCUT2D eigenvalue weighted by Crippen LogP contribution is 2.33. The molecule has 83 heavy (non-hydrogen) atoms. The number of rotatable bonds is 41. The summed E-state index contributed by atoms with van der Waals surface area (Å²) in [4.78, 5) is 13.1. The fourth-order valence-corrected chi connectivity index (χ4v) is 9.05. The number of amides is 1. The van der Waals surface area contributed by atoms with Crippen molar-refractivity contribution in [2.45, 2.75) is 234 Å². The fraction of sp³-hybridized carbons (Fsp3) is 0.641. The zero-order chi connectivity index (χ0) is 60.5. The Balaban J connectivity index is 1.31. The predicted octanol–water partition coefficient (Wildman–Crippen LogP) is 5.48. The lowest BCUT2D eigenvalue weighted by atomic mass is 9.96. The van der Waals surface area contributed by atoms with Crippen LogP contribution in [0, 0.1) is 0 Å². The van der Waals surface area contributed by atoms with E-state index in [1.807, 2.05) is 6.92 Å². The number of carbonyl (C=O) groups excluding carboxylic acids is 1. The lowest BCUT2D eigenvalue weighted by Crippen LogP contribution is -2.66. The molecule has 19 heteroatoms. The molecule has 0 aliphatic carbocycles. The molecule has 12 N–H and O–H groups in total. The Kier molecular flexibility index (Phi) is 39.9. The first kappa shape index (κ1) is 73.2. The third-order valence-corrected chi connectivity index (χ3v) is 13.9. The highest BCUT2D eigenvalue weighted by molar-refractivity contribution is 5.76. The first-order chi connectivity index (χ1) is 40.3. The van der Waals surface area contributed by atoms with Crippen LogP contribution in [0.1, 0.15) is 129 Å². The van der Waals surface area contributed by atoms with Gasteiger partial charge in [0, 0.05) is 6.42 Å². The van der Waals surface area contributed by atoms with Crippen molar-refractivity contribution < 1.29 is 89.4 Å². The highest BCUT2D eigenvalue weighted by Gasteiger charge is 2.53. The summed E-state index contributed by atoms with van der Waals surface area (Å²) in [6.45, 7) is 1.30. The van der Waals surface area contributed by atoms with Crippen molar-refractivity contribution >= 4 is 5.91 Å². The average molecular weight is 1170 g/mol. The Morgan fingerprint density at radius 3 is 1.27 bits per heavy atom. The number of carbonyl (C=O) groups is 1. The molecule has 3 aliphatic heterocycles. The van der Waals surface area contributed by atoms with Gasteiger partial charge in [-0.15, -0.1) is 0 Å². The lowest BCUT2D eigenvalue weighted by molar-refractivity contribution is -0.379. The van der Waals surface area contributed by atoms with E-state index < -0.39 is 124 Å². The molecule has 19 nitrogen and oxygen atoms in total. The van der Waals surface area contributed by atoms with Gasteiger partial charge >= 0.3 is 0 Å². The normalized spacial score (nSPS) is 30.3. The van der Waals surface area contributed by atoms with E-state index in [0.29, 0.717) is 12.8 Å². The summed E-state index contributed by atoms with van der Waals surface area (Å²) in [5, 5.41) is 119. The molecule has 3 saturated heterocycles. The van der Waals surface area contributed by atoms with Crippen LogP contribution in [0.15, 0.2) is 134 Å². The summed E-state index contributed by atoms with van der Waals surface area (Å²) < 4.78 is 33.9. The number of aliphatic hydroxyl groups is 11. The summed E-state index contributed by atoms with van der Waals surface area (Å²) >= 11 is 0. The van der Waals surface area contributed by atoms with Gasteiger partial charge in [-0.25, -0.2) is 0 Å². The Morgan fingerprint density at radius 1 is 0.446 bits per heavy atom. The third kappa shape index (κ3) is 28.8. The molecule has 3 heterocycles. The molecule has 3 rings (SSSR count). The van der Waals surface area contributed by atoms with Gasteiger partial charge in [0.15, 0.2) is 18.9 Å². The van der Waals surface area contributed by atoms with Crippen LogP contribution in [0.2, 0.25) is 0 Å². The molecule has 0 saturated carbocycles. The van der Waals surface area contributed by atoms with E-state index in [1.54, 1.807) is 6.08 Å². The molecule has 0 aromatic carbocycles. The van der Waals surface area contributed by atoms with Crippen LogP contribution in [0.25, 0.3) is 0 Å². The number of nitrogens with one attached hydrogen (secondary N) is 1. The Labute approximate surface area is 492 Å². The summed E-state index contributed by atoms with van der Waals surface area (Å²) in [5.41, 5.74) is 0. The van der Waals surface area contributed by atoms with E-state index >= 15 is 0 Å². The first-order valence-corrected chi connectivity index (χ1v) is 29.9.